The van der Waals surface area contributed by atoms with Crippen LogP contribution in [0.1, 0.15) is 17.4 Å². The molecule has 0 saturated heterocycles. The molecule has 2 heterocycles. The Labute approximate surface area is 352 Å². The molecule has 2 aromatic heterocycles. The number of allylic oxidation sites excluding steroid dienone is 1. The Morgan fingerprint density at radius 1 is 0.356 bits per heavy atom. The van der Waals surface area contributed by atoms with E-state index in [-0.39, 0.29) is 0 Å². The average Bonchev–Trinajstić information content (AvgIpc) is 3.85. The Kier molecular flexibility index (Phi) is 8.69. The van der Waals surface area contributed by atoms with Crippen molar-refractivity contribution in [3.05, 3.63) is 205 Å². The summed E-state index contributed by atoms with van der Waals surface area (Å²) in [4.78, 5) is 1.21. The van der Waals surface area contributed by atoms with Crippen molar-refractivity contribution in [1.82, 2.24) is 0 Å². The second-order valence-electron chi connectivity index (χ2n) is 15.2. The molecular weight excluding hydrogens is 749 g/mol. The van der Waals surface area contributed by atoms with Crippen molar-refractivity contribution < 1.29 is 0 Å². The summed E-state index contributed by atoms with van der Waals surface area (Å²) >= 11 is 3.67. The third-order valence-electron chi connectivity index (χ3n) is 11.8. The van der Waals surface area contributed by atoms with Gasteiger partial charge in [-0.15, -0.1) is 22.7 Å². The number of thiophene rings is 2. The molecule has 11 rings (SSSR count). The minimum Gasteiger partial charge on any atom is -0.135 e. The van der Waals surface area contributed by atoms with Gasteiger partial charge in [-0.1, -0.05) is 158 Å². The predicted molar refractivity (Wildman–Crippen MR) is 262 cm³/mol. The largest absolute Gasteiger partial charge is 0.135 e. The fraction of sp³-hybridized carbons (Fsp3) is 0.0175. The monoisotopic (exact) mass is 786 g/mol. The molecule has 0 aliphatic heterocycles. The molecular formula is C57H38S2. The lowest BCUT2D eigenvalue weighted by Gasteiger charge is -2.19. The highest BCUT2D eigenvalue weighted by atomic mass is 32.1. The maximum atomic E-state index is 4.11. The summed E-state index contributed by atoms with van der Waals surface area (Å²) < 4.78 is 3.93. The number of hydrogen-bond acceptors (Lipinski definition) is 2. The molecule has 0 fully saturated rings. The van der Waals surface area contributed by atoms with Crippen LogP contribution >= 0.6 is 22.7 Å². The normalized spacial score (nSPS) is 11.8. The number of hydrogen-bond donors (Lipinski definition) is 0. The fourth-order valence-corrected chi connectivity index (χ4v) is 11.1. The lowest BCUT2D eigenvalue weighted by molar-refractivity contribution is 1.61. The van der Waals surface area contributed by atoms with Gasteiger partial charge in [-0.25, -0.2) is 0 Å². The molecule has 0 aliphatic rings. The van der Waals surface area contributed by atoms with Gasteiger partial charge in [-0.2, -0.15) is 0 Å². The predicted octanol–water partition coefficient (Wildman–Crippen LogP) is 17.6. The molecule has 278 valence electrons. The van der Waals surface area contributed by atoms with E-state index in [0.717, 1.165) is 0 Å². The van der Waals surface area contributed by atoms with Gasteiger partial charge >= 0.3 is 0 Å². The minimum absolute atomic E-state index is 1.20. The van der Waals surface area contributed by atoms with Crippen LogP contribution in [0.15, 0.2) is 195 Å². The van der Waals surface area contributed by atoms with Crippen LogP contribution in [-0.4, -0.2) is 0 Å². The first-order valence-electron chi connectivity index (χ1n) is 20.1. The second-order valence-corrected chi connectivity index (χ2v) is 17.4. The van der Waals surface area contributed by atoms with Crippen LogP contribution in [0.3, 0.4) is 0 Å². The van der Waals surface area contributed by atoms with Gasteiger partial charge in [0.15, 0.2) is 0 Å². The Balaban J connectivity index is 1.13. The molecule has 0 bridgehead atoms. The maximum Gasteiger partial charge on any atom is 0.0355 e. The minimum atomic E-state index is 1.20. The Morgan fingerprint density at radius 2 is 0.831 bits per heavy atom. The molecule has 0 spiro atoms. The quantitative estimate of drug-likeness (QED) is 0.141. The molecule has 0 radical (unpaired) electrons. The third kappa shape index (κ3) is 6.03. The number of benzene rings is 9. The summed E-state index contributed by atoms with van der Waals surface area (Å²) in [7, 11) is 0. The first-order chi connectivity index (χ1) is 29.1. The topological polar surface area (TPSA) is 0 Å². The summed E-state index contributed by atoms with van der Waals surface area (Å²) in [6.07, 6.45) is 6.30. The highest BCUT2D eigenvalue weighted by Crippen LogP contribution is 2.47. The van der Waals surface area contributed by atoms with Gasteiger partial charge in [0.25, 0.3) is 0 Å². The van der Waals surface area contributed by atoms with Crippen molar-refractivity contribution in [3.8, 4) is 55.6 Å². The van der Waals surface area contributed by atoms with Crippen molar-refractivity contribution in [2.45, 2.75) is 6.92 Å². The highest BCUT2D eigenvalue weighted by molar-refractivity contribution is 7.25. The average molecular weight is 787 g/mol. The van der Waals surface area contributed by atoms with E-state index in [2.05, 4.69) is 208 Å². The van der Waals surface area contributed by atoms with Gasteiger partial charge in [0.1, 0.15) is 0 Å². The van der Waals surface area contributed by atoms with Gasteiger partial charge in [0.05, 0.1) is 0 Å². The maximum absolute atomic E-state index is 4.11. The SMILES string of the molecule is C=Cc1sc2ccc(-c3cccc(-c4c5ccccc5c(-c5cccc(-c6ccc7sc8ccccc8c7c6)c5)c5ccc(-c6ccccc6)cc45)c3)cc2c1/C=C\C. The van der Waals surface area contributed by atoms with Crippen LogP contribution in [0.2, 0.25) is 0 Å². The summed E-state index contributed by atoms with van der Waals surface area (Å²) in [6.45, 7) is 6.19. The summed E-state index contributed by atoms with van der Waals surface area (Å²) in [5, 5.41) is 8.89. The zero-order chi connectivity index (χ0) is 39.5. The van der Waals surface area contributed by atoms with E-state index in [1.54, 1.807) is 11.3 Å². The number of rotatable bonds is 7. The fourth-order valence-electron chi connectivity index (χ4n) is 9.03. The van der Waals surface area contributed by atoms with E-state index in [4.69, 9.17) is 0 Å². The van der Waals surface area contributed by atoms with Crippen LogP contribution in [0.4, 0.5) is 0 Å². The highest BCUT2D eigenvalue weighted by Gasteiger charge is 2.19. The van der Waals surface area contributed by atoms with Gasteiger partial charge in [0.2, 0.25) is 0 Å². The van der Waals surface area contributed by atoms with E-state index in [9.17, 15) is 0 Å². The van der Waals surface area contributed by atoms with Crippen LogP contribution < -0.4 is 0 Å². The zero-order valence-electron chi connectivity index (χ0n) is 32.6. The van der Waals surface area contributed by atoms with Crippen molar-refractivity contribution >= 4 is 86.6 Å². The Hall–Kier alpha value is -6.84. The van der Waals surface area contributed by atoms with Crippen molar-refractivity contribution in [2.75, 3.05) is 0 Å². The van der Waals surface area contributed by atoms with Gasteiger partial charge < -0.3 is 0 Å². The van der Waals surface area contributed by atoms with Crippen LogP contribution in [0.5, 0.6) is 0 Å². The van der Waals surface area contributed by atoms with E-state index in [1.807, 2.05) is 17.4 Å². The molecule has 0 atom stereocenters. The molecule has 0 aliphatic carbocycles. The van der Waals surface area contributed by atoms with Gasteiger partial charge in [0, 0.05) is 35.1 Å². The Bertz CT molecular complexity index is 3470. The van der Waals surface area contributed by atoms with E-state index in [0.29, 0.717) is 0 Å². The molecule has 0 N–H and O–H groups in total. The number of fused-ring (bicyclic) bond motifs is 6. The molecule has 0 unspecified atom stereocenters. The van der Waals surface area contributed by atoms with Crippen molar-refractivity contribution in [1.29, 1.82) is 0 Å². The third-order valence-corrected chi connectivity index (χ3v) is 14.1. The second kappa shape index (κ2) is 14.5. The first-order valence-corrected chi connectivity index (χ1v) is 21.8. The summed E-state index contributed by atoms with van der Waals surface area (Å²) in [5.74, 6) is 0. The van der Waals surface area contributed by atoms with Crippen LogP contribution in [0, 0.1) is 0 Å². The van der Waals surface area contributed by atoms with Crippen LogP contribution in [-0.2, 0) is 0 Å². The standard InChI is InChI=1S/C57H38S2/c1-3-14-44-49-33-40(26-29-54(49)58-52(44)4-2)38-18-13-20-43(32-38)57-47-23-9-8-22-46(47)56(48-28-25-39(35-51(48)57)36-15-6-5-7-16-36)42-19-12-17-37(31-42)41-27-30-55-50(34-41)45-21-10-11-24-53(45)59-55/h3-35H,2H2,1H3/b14-3-. The molecule has 2 heteroatoms. The van der Waals surface area contributed by atoms with E-state index in [1.165, 1.54) is 118 Å². The van der Waals surface area contributed by atoms with E-state index >= 15 is 0 Å². The van der Waals surface area contributed by atoms with Crippen LogP contribution in [0.25, 0.3) is 120 Å². The van der Waals surface area contributed by atoms with Crippen molar-refractivity contribution in [2.24, 2.45) is 0 Å². The van der Waals surface area contributed by atoms with E-state index < -0.39 is 0 Å². The molecule has 0 saturated carbocycles. The zero-order valence-corrected chi connectivity index (χ0v) is 34.2. The molecule has 0 nitrogen and oxygen atoms in total. The van der Waals surface area contributed by atoms with Gasteiger partial charge in [-0.05, 0) is 138 Å². The first kappa shape index (κ1) is 35.3. The smallest absolute Gasteiger partial charge is 0.0355 e. The summed E-state index contributed by atoms with van der Waals surface area (Å²) in [5.41, 5.74) is 13.5. The Morgan fingerprint density at radius 3 is 1.51 bits per heavy atom. The lowest BCUT2D eigenvalue weighted by atomic mass is 9.84. The molecule has 59 heavy (non-hydrogen) atoms. The molecule has 0 amide bonds. The van der Waals surface area contributed by atoms with Gasteiger partial charge in [-0.3, -0.25) is 0 Å². The summed E-state index contributed by atoms with van der Waals surface area (Å²) in [6, 6.07) is 67.7. The molecule has 9 aromatic carbocycles. The molecule has 11 aromatic rings. The lowest BCUT2D eigenvalue weighted by Crippen LogP contribution is -1.92. The van der Waals surface area contributed by atoms with Crippen molar-refractivity contribution in [3.63, 3.8) is 0 Å².